The fraction of sp³-hybridized carbons (Fsp3) is 0.385. The Morgan fingerprint density at radius 3 is 2.89 bits per heavy atom. The van der Waals surface area contributed by atoms with Gasteiger partial charge in [-0.15, -0.1) is 0 Å². The number of benzene rings is 1. The standard InChI is InChI=1S/C13H17Cl2NO2/c1-10(14)9-18-13-4-3-12(15)7-11(13)8-16-5-6-17-2/h3-4,7,16H,1,5-6,8-9H2,2H3. The minimum absolute atomic E-state index is 0.286. The monoisotopic (exact) mass is 289 g/mol. The van der Waals surface area contributed by atoms with Gasteiger partial charge in [0, 0.05) is 35.8 Å². The van der Waals surface area contributed by atoms with Gasteiger partial charge in [-0.2, -0.15) is 0 Å². The quantitative estimate of drug-likeness (QED) is 0.746. The van der Waals surface area contributed by atoms with Crippen LogP contribution in [-0.4, -0.2) is 26.9 Å². The normalized spacial score (nSPS) is 10.4. The molecule has 0 atom stereocenters. The highest BCUT2D eigenvalue weighted by Crippen LogP contribution is 2.23. The van der Waals surface area contributed by atoms with Crippen molar-refractivity contribution in [2.75, 3.05) is 26.9 Å². The average molecular weight is 290 g/mol. The predicted molar refractivity (Wildman–Crippen MR) is 75.5 cm³/mol. The van der Waals surface area contributed by atoms with Crippen LogP contribution in [0.15, 0.2) is 29.8 Å². The molecule has 5 heteroatoms. The molecule has 0 amide bonds. The van der Waals surface area contributed by atoms with E-state index in [0.717, 1.165) is 17.9 Å². The summed E-state index contributed by atoms with van der Waals surface area (Å²) in [6, 6.07) is 5.48. The number of ether oxygens (including phenoxy) is 2. The van der Waals surface area contributed by atoms with Crippen molar-refractivity contribution in [3.05, 3.63) is 40.4 Å². The van der Waals surface area contributed by atoms with Crippen LogP contribution in [-0.2, 0) is 11.3 Å². The summed E-state index contributed by atoms with van der Waals surface area (Å²) in [5.41, 5.74) is 0.983. The predicted octanol–water partition coefficient (Wildman–Crippen LogP) is 3.21. The van der Waals surface area contributed by atoms with Gasteiger partial charge in [0.05, 0.1) is 6.61 Å². The lowest BCUT2D eigenvalue weighted by Gasteiger charge is -2.12. The van der Waals surface area contributed by atoms with Gasteiger partial charge in [-0.1, -0.05) is 29.8 Å². The Hall–Kier alpha value is -0.740. The van der Waals surface area contributed by atoms with E-state index in [1.54, 1.807) is 13.2 Å². The first-order valence-corrected chi connectivity index (χ1v) is 6.33. The summed E-state index contributed by atoms with van der Waals surface area (Å²) in [6.45, 7) is 5.96. The lowest BCUT2D eigenvalue weighted by Crippen LogP contribution is -2.19. The van der Waals surface area contributed by atoms with Gasteiger partial charge in [-0.25, -0.2) is 0 Å². The van der Waals surface area contributed by atoms with Gasteiger partial charge < -0.3 is 14.8 Å². The first-order valence-electron chi connectivity index (χ1n) is 5.57. The Kier molecular flexibility index (Phi) is 7.13. The second-order valence-corrected chi connectivity index (χ2v) is 4.70. The number of hydrogen-bond donors (Lipinski definition) is 1. The van der Waals surface area contributed by atoms with Crippen LogP contribution in [0.5, 0.6) is 5.75 Å². The van der Waals surface area contributed by atoms with Crippen LogP contribution in [0.4, 0.5) is 0 Å². The number of rotatable bonds is 8. The second-order valence-electron chi connectivity index (χ2n) is 3.73. The van der Waals surface area contributed by atoms with E-state index in [1.165, 1.54) is 0 Å². The van der Waals surface area contributed by atoms with Crippen LogP contribution in [0.2, 0.25) is 5.02 Å². The molecule has 0 aliphatic heterocycles. The van der Waals surface area contributed by atoms with E-state index < -0.39 is 0 Å². The van der Waals surface area contributed by atoms with Crippen molar-refractivity contribution in [3.8, 4) is 5.75 Å². The maximum Gasteiger partial charge on any atom is 0.124 e. The van der Waals surface area contributed by atoms with E-state index >= 15 is 0 Å². The molecule has 3 nitrogen and oxygen atoms in total. The molecule has 0 heterocycles. The molecule has 0 unspecified atom stereocenters. The van der Waals surface area contributed by atoms with Gasteiger partial charge in [-0.3, -0.25) is 0 Å². The number of hydrogen-bond acceptors (Lipinski definition) is 3. The second kappa shape index (κ2) is 8.38. The van der Waals surface area contributed by atoms with Gasteiger partial charge in [-0.05, 0) is 18.2 Å². The van der Waals surface area contributed by atoms with Crippen molar-refractivity contribution < 1.29 is 9.47 Å². The van der Waals surface area contributed by atoms with E-state index in [1.807, 2.05) is 12.1 Å². The highest BCUT2D eigenvalue weighted by atomic mass is 35.5. The molecule has 0 aliphatic carbocycles. The molecular formula is C13H17Cl2NO2. The van der Waals surface area contributed by atoms with Crippen LogP contribution in [0.25, 0.3) is 0 Å². The van der Waals surface area contributed by atoms with E-state index in [-0.39, 0.29) is 6.61 Å². The fourth-order valence-corrected chi connectivity index (χ4v) is 1.63. The van der Waals surface area contributed by atoms with Crippen LogP contribution in [0.1, 0.15) is 5.56 Å². The summed E-state index contributed by atoms with van der Waals surface area (Å²) in [6.07, 6.45) is 0. The molecule has 0 aromatic heterocycles. The molecule has 1 rings (SSSR count). The van der Waals surface area contributed by atoms with Crippen molar-refractivity contribution in [1.29, 1.82) is 0 Å². The zero-order valence-electron chi connectivity index (χ0n) is 10.3. The molecule has 1 N–H and O–H groups in total. The highest BCUT2D eigenvalue weighted by molar-refractivity contribution is 6.30. The zero-order valence-corrected chi connectivity index (χ0v) is 11.9. The van der Waals surface area contributed by atoms with E-state index in [2.05, 4.69) is 11.9 Å². The maximum atomic E-state index is 5.97. The summed E-state index contributed by atoms with van der Waals surface area (Å²) < 4.78 is 10.5. The largest absolute Gasteiger partial charge is 0.488 e. The minimum Gasteiger partial charge on any atom is -0.488 e. The fourth-order valence-electron chi connectivity index (χ4n) is 1.38. The molecule has 18 heavy (non-hydrogen) atoms. The summed E-state index contributed by atoms with van der Waals surface area (Å²) >= 11 is 11.6. The molecule has 0 radical (unpaired) electrons. The summed E-state index contributed by atoms with van der Waals surface area (Å²) in [7, 11) is 1.67. The van der Waals surface area contributed by atoms with Crippen LogP contribution < -0.4 is 10.1 Å². The third-order valence-corrected chi connectivity index (χ3v) is 2.55. The van der Waals surface area contributed by atoms with Gasteiger partial charge in [0.2, 0.25) is 0 Å². The topological polar surface area (TPSA) is 30.5 Å². The molecule has 0 fully saturated rings. The first kappa shape index (κ1) is 15.3. The molecule has 0 bridgehead atoms. The Morgan fingerprint density at radius 1 is 1.44 bits per heavy atom. The Balaban J connectivity index is 2.61. The van der Waals surface area contributed by atoms with Gasteiger partial charge in [0.25, 0.3) is 0 Å². The maximum absolute atomic E-state index is 5.97. The van der Waals surface area contributed by atoms with Crippen LogP contribution in [0.3, 0.4) is 0 Å². The van der Waals surface area contributed by atoms with E-state index in [0.29, 0.717) is 23.2 Å². The van der Waals surface area contributed by atoms with Crippen LogP contribution >= 0.6 is 23.2 Å². The third-order valence-electron chi connectivity index (χ3n) is 2.21. The van der Waals surface area contributed by atoms with Crippen molar-refractivity contribution >= 4 is 23.2 Å². The van der Waals surface area contributed by atoms with Crippen molar-refractivity contribution in [2.45, 2.75) is 6.54 Å². The number of nitrogens with one attached hydrogen (secondary N) is 1. The third kappa shape index (κ3) is 5.74. The lowest BCUT2D eigenvalue weighted by molar-refractivity contribution is 0.199. The smallest absolute Gasteiger partial charge is 0.124 e. The minimum atomic E-state index is 0.286. The lowest BCUT2D eigenvalue weighted by atomic mass is 10.2. The van der Waals surface area contributed by atoms with Crippen molar-refractivity contribution in [1.82, 2.24) is 5.32 Å². The summed E-state index contributed by atoms with van der Waals surface area (Å²) in [5, 5.41) is 4.38. The molecule has 0 saturated carbocycles. The Labute approximate surface area is 118 Å². The molecule has 1 aromatic rings. The van der Waals surface area contributed by atoms with Gasteiger partial charge >= 0.3 is 0 Å². The molecule has 0 spiro atoms. The SMILES string of the molecule is C=C(Cl)COc1ccc(Cl)cc1CNCCOC. The van der Waals surface area contributed by atoms with E-state index in [9.17, 15) is 0 Å². The average Bonchev–Trinajstić information content (AvgIpc) is 2.33. The number of methoxy groups -OCH3 is 1. The van der Waals surface area contributed by atoms with E-state index in [4.69, 9.17) is 32.7 Å². The van der Waals surface area contributed by atoms with Crippen molar-refractivity contribution in [3.63, 3.8) is 0 Å². The molecule has 0 aliphatic rings. The highest BCUT2D eigenvalue weighted by Gasteiger charge is 2.05. The Bertz CT molecular complexity index is 397. The first-order chi connectivity index (χ1) is 8.63. The van der Waals surface area contributed by atoms with Crippen LogP contribution in [0, 0.1) is 0 Å². The number of halogens is 2. The summed E-state index contributed by atoms with van der Waals surface area (Å²) in [4.78, 5) is 0. The summed E-state index contributed by atoms with van der Waals surface area (Å²) in [5.74, 6) is 0.756. The van der Waals surface area contributed by atoms with Gasteiger partial charge in [0.15, 0.2) is 0 Å². The Morgan fingerprint density at radius 2 is 2.22 bits per heavy atom. The van der Waals surface area contributed by atoms with Crippen molar-refractivity contribution in [2.24, 2.45) is 0 Å². The van der Waals surface area contributed by atoms with Gasteiger partial charge in [0.1, 0.15) is 12.4 Å². The molecule has 100 valence electrons. The molecule has 0 saturated heterocycles. The molecule has 1 aromatic carbocycles. The molecular weight excluding hydrogens is 273 g/mol. The zero-order chi connectivity index (χ0) is 13.4.